The molecule has 1 saturated heterocycles. The third-order valence-corrected chi connectivity index (χ3v) is 4.91. The van der Waals surface area contributed by atoms with Crippen molar-refractivity contribution >= 4 is 0 Å². The summed E-state index contributed by atoms with van der Waals surface area (Å²) in [6.45, 7) is 3.29. The van der Waals surface area contributed by atoms with Gasteiger partial charge in [-0.2, -0.15) is 0 Å². The Balaban J connectivity index is 1.78. The lowest BCUT2D eigenvalue weighted by atomic mass is 9.74. The maximum absolute atomic E-state index is 6.45. The smallest absolute Gasteiger partial charge is 0.0576 e. The zero-order chi connectivity index (χ0) is 11.4. The lowest BCUT2D eigenvalue weighted by Crippen LogP contribution is -2.40. The van der Waals surface area contributed by atoms with Crippen molar-refractivity contribution in [2.24, 2.45) is 11.1 Å². The van der Waals surface area contributed by atoms with E-state index in [0.29, 0.717) is 17.6 Å². The lowest BCUT2D eigenvalue weighted by Gasteiger charge is -2.35. The monoisotopic (exact) mass is 225 g/mol. The van der Waals surface area contributed by atoms with E-state index in [1.165, 1.54) is 57.8 Å². The highest BCUT2D eigenvalue weighted by Gasteiger charge is 2.37. The first-order chi connectivity index (χ1) is 7.77. The summed E-state index contributed by atoms with van der Waals surface area (Å²) in [5.74, 6) is 0. The van der Waals surface area contributed by atoms with E-state index in [2.05, 4.69) is 6.92 Å². The Morgan fingerprint density at radius 2 is 2.06 bits per heavy atom. The fourth-order valence-corrected chi connectivity index (χ4v) is 3.61. The van der Waals surface area contributed by atoms with E-state index in [0.717, 1.165) is 6.61 Å². The second kappa shape index (κ2) is 5.50. The van der Waals surface area contributed by atoms with Crippen molar-refractivity contribution in [3.8, 4) is 0 Å². The molecule has 2 atom stereocenters. The van der Waals surface area contributed by atoms with Gasteiger partial charge in [0.25, 0.3) is 0 Å². The Morgan fingerprint density at radius 1 is 1.31 bits per heavy atom. The van der Waals surface area contributed by atoms with E-state index < -0.39 is 0 Å². The summed E-state index contributed by atoms with van der Waals surface area (Å²) < 4.78 is 5.68. The van der Waals surface area contributed by atoms with Crippen molar-refractivity contribution in [3.63, 3.8) is 0 Å². The van der Waals surface area contributed by atoms with Crippen LogP contribution in [0, 0.1) is 5.41 Å². The molecule has 0 aromatic heterocycles. The van der Waals surface area contributed by atoms with Gasteiger partial charge in [-0.25, -0.2) is 0 Å². The molecule has 2 rings (SSSR count). The predicted molar refractivity (Wildman–Crippen MR) is 67.4 cm³/mol. The normalized spacial score (nSPS) is 30.8. The van der Waals surface area contributed by atoms with Gasteiger partial charge in [-0.15, -0.1) is 0 Å². The zero-order valence-corrected chi connectivity index (χ0v) is 10.7. The van der Waals surface area contributed by atoms with Gasteiger partial charge < -0.3 is 10.5 Å². The van der Waals surface area contributed by atoms with Crippen molar-refractivity contribution in [2.45, 2.75) is 76.9 Å². The third kappa shape index (κ3) is 2.60. The quantitative estimate of drug-likeness (QED) is 0.779. The highest BCUT2D eigenvalue weighted by atomic mass is 16.5. The number of rotatable bonds is 5. The van der Waals surface area contributed by atoms with Crippen molar-refractivity contribution in [1.82, 2.24) is 0 Å². The van der Waals surface area contributed by atoms with Gasteiger partial charge in [-0.3, -0.25) is 0 Å². The van der Waals surface area contributed by atoms with Crippen LogP contribution in [0.25, 0.3) is 0 Å². The molecule has 2 aliphatic rings. The standard InChI is InChI=1S/C14H27NO/c1-2-14(9-3-4-10-14)13(15)8-7-12-6-5-11-16-12/h12-13H,2-11,15H2,1H3. The van der Waals surface area contributed by atoms with E-state index in [4.69, 9.17) is 10.5 Å². The summed E-state index contributed by atoms with van der Waals surface area (Å²) >= 11 is 0. The van der Waals surface area contributed by atoms with E-state index in [1.54, 1.807) is 0 Å². The molecule has 2 heteroatoms. The fraction of sp³-hybridized carbons (Fsp3) is 1.00. The Kier molecular flexibility index (Phi) is 4.26. The molecule has 2 unspecified atom stereocenters. The van der Waals surface area contributed by atoms with Crippen LogP contribution in [0.15, 0.2) is 0 Å². The van der Waals surface area contributed by atoms with E-state index in [9.17, 15) is 0 Å². The summed E-state index contributed by atoms with van der Waals surface area (Å²) in [4.78, 5) is 0. The molecule has 2 N–H and O–H groups in total. The molecule has 1 saturated carbocycles. The Morgan fingerprint density at radius 3 is 2.62 bits per heavy atom. The molecular formula is C14H27NO. The van der Waals surface area contributed by atoms with Gasteiger partial charge in [0.05, 0.1) is 6.10 Å². The molecule has 2 nitrogen and oxygen atoms in total. The molecule has 94 valence electrons. The molecule has 0 amide bonds. The van der Waals surface area contributed by atoms with Gasteiger partial charge in [0.2, 0.25) is 0 Å². The SMILES string of the molecule is CCC1(C(N)CCC2CCCO2)CCCC1. The van der Waals surface area contributed by atoms with Gasteiger partial charge in [0, 0.05) is 12.6 Å². The lowest BCUT2D eigenvalue weighted by molar-refractivity contribution is 0.0927. The van der Waals surface area contributed by atoms with Crippen LogP contribution in [-0.2, 0) is 4.74 Å². The van der Waals surface area contributed by atoms with Crippen molar-refractivity contribution < 1.29 is 4.74 Å². The van der Waals surface area contributed by atoms with Crippen LogP contribution in [-0.4, -0.2) is 18.8 Å². The maximum Gasteiger partial charge on any atom is 0.0576 e. The summed E-state index contributed by atoms with van der Waals surface area (Å²) in [6, 6.07) is 0.407. The Hall–Kier alpha value is -0.0800. The molecule has 1 aliphatic heterocycles. The average Bonchev–Trinajstić information content (AvgIpc) is 2.97. The number of hydrogen-bond acceptors (Lipinski definition) is 2. The van der Waals surface area contributed by atoms with E-state index in [1.807, 2.05) is 0 Å². The van der Waals surface area contributed by atoms with Crippen LogP contribution < -0.4 is 5.73 Å². The minimum Gasteiger partial charge on any atom is -0.378 e. The van der Waals surface area contributed by atoms with Gasteiger partial charge in [-0.1, -0.05) is 19.8 Å². The van der Waals surface area contributed by atoms with Crippen molar-refractivity contribution in [2.75, 3.05) is 6.61 Å². The Labute approximate surface area is 99.9 Å². The number of hydrogen-bond donors (Lipinski definition) is 1. The predicted octanol–water partition coefficient (Wildman–Crippen LogP) is 3.24. The summed E-state index contributed by atoms with van der Waals surface area (Å²) in [6.07, 6.45) is 12.1. The fourth-order valence-electron chi connectivity index (χ4n) is 3.61. The maximum atomic E-state index is 6.45. The molecule has 0 radical (unpaired) electrons. The molecule has 1 aliphatic carbocycles. The number of nitrogens with two attached hydrogens (primary N) is 1. The minimum atomic E-state index is 0.407. The topological polar surface area (TPSA) is 35.2 Å². The molecule has 16 heavy (non-hydrogen) atoms. The van der Waals surface area contributed by atoms with Gasteiger partial charge in [0.1, 0.15) is 0 Å². The van der Waals surface area contributed by atoms with Gasteiger partial charge in [0.15, 0.2) is 0 Å². The van der Waals surface area contributed by atoms with Crippen molar-refractivity contribution in [1.29, 1.82) is 0 Å². The first kappa shape index (κ1) is 12.4. The van der Waals surface area contributed by atoms with Crippen LogP contribution in [0.1, 0.15) is 64.7 Å². The van der Waals surface area contributed by atoms with E-state index >= 15 is 0 Å². The zero-order valence-electron chi connectivity index (χ0n) is 10.7. The highest BCUT2D eigenvalue weighted by molar-refractivity contribution is 4.92. The molecular weight excluding hydrogens is 198 g/mol. The van der Waals surface area contributed by atoms with Gasteiger partial charge >= 0.3 is 0 Å². The third-order valence-electron chi connectivity index (χ3n) is 4.91. The second-order valence-electron chi connectivity index (χ2n) is 5.74. The van der Waals surface area contributed by atoms with Crippen LogP contribution >= 0.6 is 0 Å². The molecule has 0 spiro atoms. The Bertz CT molecular complexity index is 205. The summed E-state index contributed by atoms with van der Waals surface area (Å²) in [5.41, 5.74) is 6.92. The average molecular weight is 225 g/mol. The van der Waals surface area contributed by atoms with E-state index in [-0.39, 0.29) is 0 Å². The molecule has 0 aromatic carbocycles. The second-order valence-corrected chi connectivity index (χ2v) is 5.74. The molecule has 2 fully saturated rings. The summed E-state index contributed by atoms with van der Waals surface area (Å²) in [5, 5.41) is 0. The minimum absolute atomic E-state index is 0.407. The van der Waals surface area contributed by atoms with Crippen LogP contribution in [0.5, 0.6) is 0 Å². The molecule has 0 aromatic rings. The summed E-state index contributed by atoms with van der Waals surface area (Å²) in [7, 11) is 0. The van der Waals surface area contributed by atoms with Crippen LogP contribution in [0.2, 0.25) is 0 Å². The highest BCUT2D eigenvalue weighted by Crippen LogP contribution is 2.44. The van der Waals surface area contributed by atoms with Crippen LogP contribution in [0.3, 0.4) is 0 Å². The largest absolute Gasteiger partial charge is 0.378 e. The molecule has 0 bridgehead atoms. The van der Waals surface area contributed by atoms with Crippen molar-refractivity contribution in [3.05, 3.63) is 0 Å². The first-order valence-corrected chi connectivity index (χ1v) is 7.14. The number of ether oxygens (including phenoxy) is 1. The van der Waals surface area contributed by atoms with Crippen LogP contribution in [0.4, 0.5) is 0 Å². The first-order valence-electron chi connectivity index (χ1n) is 7.14. The molecule has 1 heterocycles. The van der Waals surface area contributed by atoms with Gasteiger partial charge in [-0.05, 0) is 50.4 Å².